The van der Waals surface area contributed by atoms with Crippen molar-refractivity contribution in [1.29, 1.82) is 0 Å². The lowest BCUT2D eigenvalue weighted by atomic mass is 9.95. The summed E-state index contributed by atoms with van der Waals surface area (Å²) in [5.41, 5.74) is -2.36. The number of ether oxygens (including phenoxy) is 1. The van der Waals surface area contributed by atoms with E-state index in [2.05, 4.69) is 4.98 Å². The molecule has 0 bridgehead atoms. The Hall–Kier alpha value is -2.69. The maximum atomic E-state index is 13.9. The fraction of sp³-hybridized carbons (Fsp3) is 0.444. The number of nitrogens with one attached hydrogen (secondary N) is 2. The lowest BCUT2D eigenvalue weighted by Crippen LogP contribution is -2.53. The van der Waals surface area contributed by atoms with Crippen LogP contribution in [0.1, 0.15) is 30.1 Å². The van der Waals surface area contributed by atoms with E-state index < -0.39 is 41.0 Å². The lowest BCUT2D eigenvalue weighted by molar-refractivity contribution is -0.163. The van der Waals surface area contributed by atoms with Gasteiger partial charge in [-0.05, 0) is 30.4 Å². The Balaban J connectivity index is 1.74. The first-order valence-corrected chi connectivity index (χ1v) is 8.77. The summed E-state index contributed by atoms with van der Waals surface area (Å²) < 4.78 is 72.3. The van der Waals surface area contributed by atoms with Gasteiger partial charge in [0.1, 0.15) is 5.54 Å². The van der Waals surface area contributed by atoms with Crippen molar-refractivity contribution in [1.82, 2.24) is 15.2 Å². The SMILES string of the molecule is CN(C(=O)NC1(C(F)(F)F)CC1)[C@@H]1COCc2[nH]c(=O)c3cc(F)c(F)cc3c21. The van der Waals surface area contributed by atoms with E-state index in [0.717, 1.165) is 17.0 Å². The minimum atomic E-state index is -4.58. The monoisotopic (exact) mass is 417 g/mol. The van der Waals surface area contributed by atoms with E-state index in [1.807, 2.05) is 5.32 Å². The van der Waals surface area contributed by atoms with Crippen molar-refractivity contribution >= 4 is 16.8 Å². The van der Waals surface area contributed by atoms with Crippen molar-refractivity contribution in [3.05, 3.63) is 45.4 Å². The van der Waals surface area contributed by atoms with E-state index in [1.54, 1.807) is 0 Å². The highest BCUT2D eigenvalue weighted by molar-refractivity contribution is 5.87. The Kier molecular flexibility index (Phi) is 4.34. The standard InChI is InChI=1S/C18H16F5N3O3/c1-26(16(28)25-17(2-3-17)18(21,22)23)13-7-29-6-12-14(13)8-4-10(19)11(20)5-9(8)15(27)24-12/h4-5,13H,2-3,6-7H2,1H3,(H,24,27)(H,25,28)/t13-/m1/s1. The van der Waals surface area contributed by atoms with Crippen LogP contribution in [0, 0.1) is 11.6 Å². The van der Waals surface area contributed by atoms with Gasteiger partial charge in [0.2, 0.25) is 0 Å². The molecule has 0 radical (unpaired) electrons. The van der Waals surface area contributed by atoms with Gasteiger partial charge in [0, 0.05) is 18.3 Å². The number of carbonyl (C=O) groups is 1. The molecule has 11 heteroatoms. The Morgan fingerprint density at radius 1 is 1.24 bits per heavy atom. The molecule has 1 aromatic carbocycles. The van der Waals surface area contributed by atoms with Gasteiger partial charge in [0.25, 0.3) is 5.56 Å². The zero-order valence-electron chi connectivity index (χ0n) is 15.1. The number of pyridine rings is 1. The van der Waals surface area contributed by atoms with E-state index in [1.165, 1.54) is 7.05 Å². The van der Waals surface area contributed by atoms with Gasteiger partial charge >= 0.3 is 12.2 Å². The van der Waals surface area contributed by atoms with Crippen LogP contribution in [0.5, 0.6) is 0 Å². The number of urea groups is 1. The first-order valence-electron chi connectivity index (χ1n) is 8.77. The quantitative estimate of drug-likeness (QED) is 0.738. The average Bonchev–Trinajstić information content (AvgIpc) is 3.43. The summed E-state index contributed by atoms with van der Waals surface area (Å²) >= 11 is 0. The summed E-state index contributed by atoms with van der Waals surface area (Å²) in [5.74, 6) is -2.39. The van der Waals surface area contributed by atoms with Crippen LogP contribution in [0.15, 0.2) is 16.9 Å². The van der Waals surface area contributed by atoms with Crippen LogP contribution in [0.25, 0.3) is 10.8 Å². The lowest BCUT2D eigenvalue weighted by Gasteiger charge is -2.35. The van der Waals surface area contributed by atoms with Crippen molar-refractivity contribution in [3.8, 4) is 0 Å². The van der Waals surface area contributed by atoms with Crippen LogP contribution < -0.4 is 10.9 Å². The van der Waals surface area contributed by atoms with E-state index in [0.29, 0.717) is 5.56 Å². The van der Waals surface area contributed by atoms with Crippen molar-refractivity contribution < 1.29 is 31.5 Å². The molecule has 0 saturated heterocycles. The van der Waals surface area contributed by atoms with Crippen molar-refractivity contribution in [2.24, 2.45) is 0 Å². The molecule has 2 amide bonds. The van der Waals surface area contributed by atoms with Crippen LogP contribution >= 0.6 is 0 Å². The molecule has 2 aromatic rings. The maximum Gasteiger partial charge on any atom is 0.411 e. The van der Waals surface area contributed by atoms with Gasteiger partial charge in [-0.2, -0.15) is 13.2 Å². The third-order valence-electron chi connectivity index (χ3n) is 5.47. The van der Waals surface area contributed by atoms with Gasteiger partial charge < -0.3 is 19.9 Å². The van der Waals surface area contributed by atoms with Crippen LogP contribution in [0.4, 0.5) is 26.7 Å². The number of alkyl halides is 3. The van der Waals surface area contributed by atoms with Crippen molar-refractivity contribution in [2.45, 2.75) is 37.2 Å². The van der Waals surface area contributed by atoms with E-state index in [-0.39, 0.29) is 42.5 Å². The zero-order valence-corrected chi connectivity index (χ0v) is 15.1. The zero-order chi connectivity index (χ0) is 21.1. The predicted octanol–water partition coefficient (Wildman–Crippen LogP) is 3.11. The van der Waals surface area contributed by atoms with Crippen LogP contribution in [-0.2, 0) is 11.3 Å². The number of rotatable bonds is 2. The number of fused-ring (bicyclic) bond motifs is 3. The Morgan fingerprint density at radius 2 is 1.86 bits per heavy atom. The number of halogens is 5. The van der Waals surface area contributed by atoms with Gasteiger partial charge in [-0.25, -0.2) is 13.6 Å². The molecule has 1 atom stereocenters. The molecule has 156 valence electrons. The number of carbonyl (C=O) groups excluding carboxylic acids is 1. The number of amides is 2. The highest BCUT2D eigenvalue weighted by Crippen LogP contribution is 2.49. The first-order chi connectivity index (χ1) is 13.5. The fourth-order valence-electron chi connectivity index (χ4n) is 3.59. The summed E-state index contributed by atoms with van der Waals surface area (Å²) in [5, 5.41) is 1.96. The van der Waals surface area contributed by atoms with Gasteiger partial charge in [0.15, 0.2) is 11.6 Å². The Labute approximate surface area is 160 Å². The number of H-pyrrole nitrogens is 1. The van der Waals surface area contributed by atoms with Gasteiger partial charge in [-0.15, -0.1) is 0 Å². The van der Waals surface area contributed by atoms with Crippen molar-refractivity contribution in [3.63, 3.8) is 0 Å². The second-order valence-electron chi connectivity index (χ2n) is 7.31. The number of aromatic nitrogens is 1. The molecule has 1 aromatic heterocycles. The minimum Gasteiger partial charge on any atom is -0.373 e. The number of hydrogen-bond acceptors (Lipinski definition) is 3. The second-order valence-corrected chi connectivity index (χ2v) is 7.31. The molecule has 2 heterocycles. The molecule has 1 aliphatic carbocycles. The predicted molar refractivity (Wildman–Crippen MR) is 91.2 cm³/mol. The first kappa shape index (κ1) is 19.6. The number of aromatic amines is 1. The van der Waals surface area contributed by atoms with Crippen LogP contribution in [0.3, 0.4) is 0 Å². The summed E-state index contributed by atoms with van der Waals surface area (Å²) in [4.78, 5) is 28.3. The smallest absolute Gasteiger partial charge is 0.373 e. The topological polar surface area (TPSA) is 74.4 Å². The van der Waals surface area contributed by atoms with E-state index in [4.69, 9.17) is 4.74 Å². The van der Waals surface area contributed by atoms with E-state index >= 15 is 0 Å². The minimum absolute atomic E-state index is 0.0437. The summed E-state index contributed by atoms with van der Waals surface area (Å²) in [6.07, 6.45) is -5.01. The van der Waals surface area contributed by atoms with Crippen molar-refractivity contribution in [2.75, 3.05) is 13.7 Å². The van der Waals surface area contributed by atoms with Gasteiger partial charge in [-0.3, -0.25) is 4.79 Å². The number of benzene rings is 1. The molecule has 1 fully saturated rings. The number of nitrogens with zero attached hydrogens (tertiary/aromatic N) is 1. The molecule has 6 nitrogen and oxygen atoms in total. The normalized spacial score (nSPS) is 20.3. The maximum absolute atomic E-state index is 13.9. The van der Waals surface area contributed by atoms with Gasteiger partial charge in [0.05, 0.1) is 24.6 Å². The Bertz CT molecular complexity index is 1060. The van der Waals surface area contributed by atoms with E-state index in [9.17, 15) is 31.5 Å². The molecule has 0 unspecified atom stereocenters. The highest BCUT2D eigenvalue weighted by atomic mass is 19.4. The molecule has 1 aliphatic heterocycles. The third-order valence-corrected chi connectivity index (χ3v) is 5.47. The molecule has 2 aliphatic rings. The molecule has 29 heavy (non-hydrogen) atoms. The molecule has 1 saturated carbocycles. The molecule has 0 spiro atoms. The van der Waals surface area contributed by atoms with Crippen LogP contribution in [0.2, 0.25) is 0 Å². The average molecular weight is 417 g/mol. The van der Waals surface area contributed by atoms with Crippen LogP contribution in [-0.4, -0.2) is 41.3 Å². The third kappa shape index (κ3) is 3.13. The molecule has 2 N–H and O–H groups in total. The summed E-state index contributed by atoms with van der Waals surface area (Å²) in [7, 11) is 1.28. The number of hydrogen-bond donors (Lipinski definition) is 2. The molecule has 4 rings (SSSR count). The second kappa shape index (κ2) is 6.41. The fourth-order valence-corrected chi connectivity index (χ4v) is 3.59. The summed E-state index contributed by atoms with van der Waals surface area (Å²) in [6.45, 7) is -0.131. The molecular weight excluding hydrogens is 401 g/mol. The summed E-state index contributed by atoms with van der Waals surface area (Å²) in [6, 6.07) is -0.296. The van der Waals surface area contributed by atoms with Gasteiger partial charge in [-0.1, -0.05) is 0 Å². The largest absolute Gasteiger partial charge is 0.411 e. The Morgan fingerprint density at radius 3 is 2.45 bits per heavy atom. The molecular formula is C18H16F5N3O3. The highest BCUT2D eigenvalue weighted by Gasteiger charge is 2.64. The number of likely N-dealkylation sites (N-methyl/N-ethyl adjacent to an activating group) is 1.